The van der Waals surface area contributed by atoms with E-state index in [9.17, 15) is 14.4 Å². The van der Waals surface area contributed by atoms with Crippen LogP contribution in [0.3, 0.4) is 0 Å². The first-order valence-corrected chi connectivity index (χ1v) is 9.06. The molecule has 1 aromatic heterocycles. The first-order chi connectivity index (χ1) is 12.1. The molecule has 6 nitrogen and oxygen atoms in total. The van der Waals surface area contributed by atoms with Crippen molar-refractivity contribution in [3.05, 3.63) is 45.0 Å². The molecule has 1 aliphatic rings. The third kappa shape index (κ3) is 3.83. The van der Waals surface area contributed by atoms with Crippen molar-refractivity contribution in [3.8, 4) is 0 Å². The highest BCUT2D eigenvalue weighted by Gasteiger charge is 2.16. The van der Waals surface area contributed by atoms with Crippen molar-refractivity contribution in [2.75, 3.05) is 0 Å². The van der Waals surface area contributed by atoms with Crippen molar-refractivity contribution in [1.82, 2.24) is 14.5 Å². The Labute approximate surface area is 146 Å². The highest BCUT2D eigenvalue weighted by atomic mass is 16.2. The molecule has 134 valence electrons. The van der Waals surface area contributed by atoms with Crippen LogP contribution in [0.25, 0.3) is 11.0 Å². The maximum Gasteiger partial charge on any atom is 0.316 e. The molecular weight excluding hydrogens is 318 g/mol. The third-order valence-electron chi connectivity index (χ3n) is 5.05. The Kier molecular flexibility index (Phi) is 5.36. The number of carbonyl (C=O) groups excluding carboxylic acids is 1. The van der Waals surface area contributed by atoms with Crippen LogP contribution in [0.15, 0.2) is 33.9 Å². The predicted octanol–water partition coefficient (Wildman–Crippen LogP) is 1.93. The first-order valence-electron chi connectivity index (χ1n) is 9.06. The summed E-state index contributed by atoms with van der Waals surface area (Å²) >= 11 is 0. The number of aromatic nitrogens is 2. The molecule has 1 fully saturated rings. The van der Waals surface area contributed by atoms with Crippen LogP contribution in [0, 0.1) is 0 Å². The topological polar surface area (TPSA) is 73.1 Å². The van der Waals surface area contributed by atoms with Gasteiger partial charge in [-0.25, -0.2) is 0 Å². The number of nitrogens with zero attached hydrogens (tertiary/aromatic N) is 2. The summed E-state index contributed by atoms with van der Waals surface area (Å²) in [5, 5.41) is 3.08. The lowest BCUT2D eigenvalue weighted by Gasteiger charge is -2.17. The molecule has 1 saturated carbocycles. The molecule has 0 spiro atoms. The number of para-hydroxylation sites is 2. The number of aryl methyl sites for hydroxylation is 2. The summed E-state index contributed by atoms with van der Waals surface area (Å²) in [6.45, 7) is 0.216. The van der Waals surface area contributed by atoms with Gasteiger partial charge in [-0.2, -0.15) is 0 Å². The fourth-order valence-corrected chi connectivity index (χ4v) is 3.61. The van der Waals surface area contributed by atoms with Crippen molar-refractivity contribution in [2.45, 2.75) is 57.5 Å². The van der Waals surface area contributed by atoms with Crippen LogP contribution in [-0.4, -0.2) is 21.1 Å². The fraction of sp³-hybridized carbons (Fsp3) is 0.526. The van der Waals surface area contributed by atoms with Crippen molar-refractivity contribution in [2.24, 2.45) is 7.05 Å². The number of carbonyl (C=O) groups is 1. The number of rotatable bonds is 4. The minimum Gasteiger partial charge on any atom is -0.353 e. The standard InChI is InChI=1S/C19H25N3O3/c1-21-15-10-6-7-11-16(15)22(19(25)18(21)24)13-12-17(23)20-14-8-4-2-3-5-9-14/h6-7,10-11,14H,2-5,8-9,12-13H2,1H3,(H,20,23). The zero-order valence-electron chi connectivity index (χ0n) is 14.7. The lowest BCUT2D eigenvalue weighted by molar-refractivity contribution is -0.122. The van der Waals surface area contributed by atoms with Crippen molar-refractivity contribution in [3.63, 3.8) is 0 Å². The summed E-state index contributed by atoms with van der Waals surface area (Å²) in [5.74, 6) is -0.0523. The smallest absolute Gasteiger partial charge is 0.316 e. The summed E-state index contributed by atoms with van der Waals surface area (Å²) in [7, 11) is 1.59. The monoisotopic (exact) mass is 343 g/mol. The maximum atomic E-state index is 12.3. The quantitative estimate of drug-likeness (QED) is 0.681. The molecule has 0 radical (unpaired) electrons. The number of hydrogen-bond donors (Lipinski definition) is 1. The van der Waals surface area contributed by atoms with Gasteiger partial charge in [-0.1, -0.05) is 37.8 Å². The molecule has 1 amide bonds. The van der Waals surface area contributed by atoms with Crippen LogP contribution in [0.1, 0.15) is 44.9 Å². The number of benzene rings is 1. The molecule has 1 aliphatic carbocycles. The molecule has 0 saturated heterocycles. The minimum atomic E-state index is -0.580. The number of amides is 1. The van der Waals surface area contributed by atoms with Gasteiger partial charge in [0.05, 0.1) is 11.0 Å². The Hall–Kier alpha value is -2.37. The van der Waals surface area contributed by atoms with Crippen LogP contribution in [-0.2, 0) is 18.4 Å². The Balaban J connectivity index is 1.76. The summed E-state index contributed by atoms with van der Waals surface area (Å²) in [6, 6.07) is 7.51. The SMILES string of the molecule is Cn1c(=O)c(=O)n(CCC(=O)NC2CCCCCC2)c2ccccc21. The van der Waals surface area contributed by atoms with Crippen LogP contribution >= 0.6 is 0 Å². The molecular formula is C19H25N3O3. The van der Waals surface area contributed by atoms with E-state index in [1.807, 2.05) is 12.1 Å². The Morgan fingerprint density at radius 2 is 1.68 bits per heavy atom. The highest BCUT2D eigenvalue weighted by Crippen LogP contribution is 2.17. The van der Waals surface area contributed by atoms with Gasteiger partial charge in [0.15, 0.2) is 0 Å². The van der Waals surface area contributed by atoms with Gasteiger partial charge in [-0.15, -0.1) is 0 Å². The van der Waals surface area contributed by atoms with Gasteiger partial charge in [0, 0.05) is 26.1 Å². The zero-order chi connectivity index (χ0) is 17.8. The fourth-order valence-electron chi connectivity index (χ4n) is 3.61. The second-order valence-electron chi connectivity index (χ2n) is 6.82. The van der Waals surface area contributed by atoms with Gasteiger partial charge in [0.25, 0.3) is 0 Å². The molecule has 2 aromatic rings. The van der Waals surface area contributed by atoms with E-state index in [4.69, 9.17) is 0 Å². The van der Waals surface area contributed by atoms with Gasteiger partial charge < -0.3 is 14.5 Å². The molecule has 0 atom stereocenters. The van der Waals surface area contributed by atoms with E-state index in [0.717, 1.165) is 25.7 Å². The predicted molar refractivity (Wildman–Crippen MR) is 97.7 cm³/mol. The molecule has 6 heteroatoms. The van der Waals surface area contributed by atoms with E-state index in [1.54, 1.807) is 19.2 Å². The molecule has 0 aliphatic heterocycles. The lowest BCUT2D eigenvalue weighted by atomic mass is 10.1. The van der Waals surface area contributed by atoms with E-state index in [-0.39, 0.29) is 24.9 Å². The number of hydrogen-bond acceptors (Lipinski definition) is 3. The first kappa shape index (κ1) is 17.5. The lowest BCUT2D eigenvalue weighted by Crippen LogP contribution is -2.41. The van der Waals surface area contributed by atoms with Gasteiger partial charge in [-0.05, 0) is 25.0 Å². The van der Waals surface area contributed by atoms with Crippen LogP contribution < -0.4 is 16.4 Å². The van der Waals surface area contributed by atoms with E-state index in [2.05, 4.69) is 5.32 Å². The molecule has 0 unspecified atom stereocenters. The largest absolute Gasteiger partial charge is 0.353 e. The summed E-state index contributed by atoms with van der Waals surface area (Å²) in [5.41, 5.74) is 0.222. The summed E-state index contributed by atoms with van der Waals surface area (Å²) in [4.78, 5) is 36.8. The second-order valence-corrected chi connectivity index (χ2v) is 6.82. The normalized spacial score (nSPS) is 15.9. The van der Waals surface area contributed by atoms with Crippen molar-refractivity contribution < 1.29 is 4.79 Å². The summed E-state index contributed by atoms with van der Waals surface area (Å²) in [6.07, 6.45) is 7.05. The Morgan fingerprint density at radius 1 is 1.04 bits per heavy atom. The Bertz CT molecular complexity index is 874. The number of nitrogens with one attached hydrogen (secondary N) is 1. The minimum absolute atomic E-state index is 0.0523. The van der Waals surface area contributed by atoms with E-state index >= 15 is 0 Å². The van der Waals surface area contributed by atoms with Gasteiger partial charge in [0.1, 0.15) is 0 Å². The molecule has 0 bridgehead atoms. The van der Waals surface area contributed by atoms with E-state index < -0.39 is 11.1 Å². The van der Waals surface area contributed by atoms with Crippen LogP contribution in [0.5, 0.6) is 0 Å². The number of fused-ring (bicyclic) bond motifs is 1. The molecule has 1 aromatic carbocycles. The van der Waals surface area contributed by atoms with Crippen LogP contribution in [0.4, 0.5) is 0 Å². The van der Waals surface area contributed by atoms with Crippen LogP contribution in [0.2, 0.25) is 0 Å². The average molecular weight is 343 g/mol. The van der Waals surface area contributed by atoms with E-state index in [0.29, 0.717) is 11.0 Å². The van der Waals surface area contributed by atoms with E-state index in [1.165, 1.54) is 22.0 Å². The molecule has 3 rings (SSSR count). The Morgan fingerprint density at radius 3 is 2.36 bits per heavy atom. The van der Waals surface area contributed by atoms with Gasteiger partial charge >= 0.3 is 11.1 Å². The maximum absolute atomic E-state index is 12.3. The second kappa shape index (κ2) is 7.68. The molecule has 1 N–H and O–H groups in total. The third-order valence-corrected chi connectivity index (χ3v) is 5.05. The molecule has 1 heterocycles. The van der Waals surface area contributed by atoms with Crippen molar-refractivity contribution in [1.29, 1.82) is 0 Å². The van der Waals surface area contributed by atoms with Gasteiger partial charge in [0.2, 0.25) is 5.91 Å². The average Bonchev–Trinajstić information content (AvgIpc) is 2.88. The van der Waals surface area contributed by atoms with Crippen molar-refractivity contribution >= 4 is 16.9 Å². The molecule has 25 heavy (non-hydrogen) atoms. The zero-order valence-corrected chi connectivity index (χ0v) is 14.7. The highest BCUT2D eigenvalue weighted by molar-refractivity contribution is 5.77. The summed E-state index contributed by atoms with van der Waals surface area (Å²) < 4.78 is 2.78. The van der Waals surface area contributed by atoms with Gasteiger partial charge in [-0.3, -0.25) is 14.4 Å².